The summed E-state index contributed by atoms with van der Waals surface area (Å²) in [6.07, 6.45) is 1.17. The molecule has 0 amide bonds. The van der Waals surface area contributed by atoms with Crippen LogP contribution in [-0.4, -0.2) is 29.1 Å². The van der Waals surface area contributed by atoms with Crippen LogP contribution in [0.15, 0.2) is 0 Å². The fourth-order valence-electron chi connectivity index (χ4n) is 1.66. The van der Waals surface area contributed by atoms with Gasteiger partial charge in [-0.15, -0.1) is 0 Å². The number of aryl methyl sites for hydroxylation is 1. The van der Waals surface area contributed by atoms with E-state index in [9.17, 15) is 0 Å². The van der Waals surface area contributed by atoms with E-state index in [0.717, 1.165) is 30.1 Å². The molecule has 2 rings (SSSR count). The van der Waals surface area contributed by atoms with E-state index in [0.29, 0.717) is 13.3 Å². The maximum atomic E-state index is 5.82. The molecule has 2 N–H and O–H groups in total. The number of nitrogen functional groups attached to an aromatic ring is 1. The van der Waals surface area contributed by atoms with Gasteiger partial charge in [-0.2, -0.15) is 5.10 Å². The molecule has 1 aliphatic heterocycles. The van der Waals surface area contributed by atoms with Crippen molar-refractivity contribution in [2.24, 2.45) is 0 Å². The van der Waals surface area contributed by atoms with Crippen LogP contribution in [0.1, 0.15) is 17.8 Å². The summed E-state index contributed by atoms with van der Waals surface area (Å²) in [4.78, 5) is 0. The Kier molecular flexibility index (Phi) is 2.93. The molecule has 1 atom stereocenters. The molecule has 1 saturated heterocycles. The molecule has 1 aromatic rings. The molecular formula is C10H17N3O2. The SMILES string of the molecule is Cc1nn(COC2CCOC2)c(C)c1N. The molecular weight excluding hydrogens is 194 g/mol. The zero-order valence-electron chi connectivity index (χ0n) is 9.19. The Labute approximate surface area is 89.2 Å². The van der Waals surface area contributed by atoms with Crippen molar-refractivity contribution in [1.29, 1.82) is 0 Å². The van der Waals surface area contributed by atoms with Gasteiger partial charge >= 0.3 is 0 Å². The molecule has 2 heterocycles. The maximum Gasteiger partial charge on any atom is 0.140 e. The molecule has 15 heavy (non-hydrogen) atoms. The lowest BCUT2D eigenvalue weighted by Gasteiger charge is -2.10. The molecule has 1 aliphatic rings. The zero-order chi connectivity index (χ0) is 10.8. The Morgan fingerprint density at radius 3 is 2.93 bits per heavy atom. The third kappa shape index (κ3) is 2.13. The number of ether oxygens (including phenoxy) is 2. The number of hydrogen-bond acceptors (Lipinski definition) is 4. The summed E-state index contributed by atoms with van der Waals surface area (Å²) in [5.74, 6) is 0. The van der Waals surface area contributed by atoms with E-state index in [2.05, 4.69) is 5.10 Å². The van der Waals surface area contributed by atoms with E-state index in [1.54, 1.807) is 4.68 Å². The molecule has 1 aromatic heterocycles. The first kappa shape index (κ1) is 10.4. The molecule has 0 aliphatic carbocycles. The summed E-state index contributed by atoms with van der Waals surface area (Å²) in [5.41, 5.74) is 8.40. The molecule has 5 nitrogen and oxygen atoms in total. The van der Waals surface area contributed by atoms with Gasteiger partial charge < -0.3 is 15.2 Å². The standard InChI is InChI=1S/C10H17N3O2/c1-7-10(11)8(2)13(12-7)6-15-9-3-4-14-5-9/h9H,3-6,11H2,1-2H3. The van der Waals surface area contributed by atoms with Crippen LogP contribution in [0.3, 0.4) is 0 Å². The van der Waals surface area contributed by atoms with Crippen molar-refractivity contribution in [2.75, 3.05) is 18.9 Å². The fraction of sp³-hybridized carbons (Fsp3) is 0.700. The molecule has 0 saturated carbocycles. The lowest BCUT2D eigenvalue weighted by Crippen LogP contribution is -2.16. The second-order valence-corrected chi connectivity index (χ2v) is 3.87. The molecule has 1 fully saturated rings. The van der Waals surface area contributed by atoms with Crippen LogP contribution in [-0.2, 0) is 16.2 Å². The Bertz CT molecular complexity index is 343. The lowest BCUT2D eigenvalue weighted by molar-refractivity contribution is -0.00430. The van der Waals surface area contributed by atoms with Gasteiger partial charge in [0.25, 0.3) is 0 Å². The molecule has 5 heteroatoms. The number of nitrogens with zero attached hydrogens (tertiary/aromatic N) is 2. The van der Waals surface area contributed by atoms with Gasteiger partial charge in [0, 0.05) is 6.61 Å². The van der Waals surface area contributed by atoms with Crippen LogP contribution in [0.2, 0.25) is 0 Å². The van der Waals surface area contributed by atoms with Crippen LogP contribution < -0.4 is 5.73 Å². The summed E-state index contributed by atoms with van der Waals surface area (Å²) in [5, 5.41) is 4.30. The topological polar surface area (TPSA) is 62.3 Å². The van der Waals surface area contributed by atoms with E-state index in [1.807, 2.05) is 13.8 Å². The molecule has 84 valence electrons. The summed E-state index contributed by atoms with van der Waals surface area (Å²) in [6, 6.07) is 0. The molecule has 0 bridgehead atoms. The Morgan fingerprint density at radius 1 is 1.60 bits per heavy atom. The predicted molar refractivity (Wildman–Crippen MR) is 56.4 cm³/mol. The third-order valence-electron chi connectivity index (χ3n) is 2.76. The Morgan fingerprint density at radius 2 is 2.40 bits per heavy atom. The summed E-state index contributed by atoms with van der Waals surface area (Å²) < 4.78 is 12.7. The van der Waals surface area contributed by atoms with Crippen molar-refractivity contribution in [2.45, 2.75) is 33.1 Å². The van der Waals surface area contributed by atoms with E-state index in [1.165, 1.54) is 0 Å². The first-order valence-electron chi connectivity index (χ1n) is 5.17. The van der Waals surface area contributed by atoms with Crippen molar-refractivity contribution >= 4 is 5.69 Å². The largest absolute Gasteiger partial charge is 0.396 e. The minimum absolute atomic E-state index is 0.204. The van der Waals surface area contributed by atoms with Crippen molar-refractivity contribution in [1.82, 2.24) is 9.78 Å². The normalized spacial score (nSPS) is 21.1. The average Bonchev–Trinajstić information content (AvgIpc) is 2.80. The monoisotopic (exact) mass is 211 g/mol. The highest BCUT2D eigenvalue weighted by Gasteiger charge is 2.17. The zero-order valence-corrected chi connectivity index (χ0v) is 9.19. The number of aromatic nitrogens is 2. The fourth-order valence-corrected chi connectivity index (χ4v) is 1.66. The summed E-state index contributed by atoms with van der Waals surface area (Å²) in [7, 11) is 0. The predicted octanol–water partition coefficient (Wildman–Crippen LogP) is 0.845. The highest BCUT2D eigenvalue weighted by molar-refractivity contribution is 5.46. The Balaban J connectivity index is 1.95. The molecule has 1 unspecified atom stereocenters. The van der Waals surface area contributed by atoms with Gasteiger partial charge in [0.05, 0.1) is 29.8 Å². The Hall–Kier alpha value is -1.07. The van der Waals surface area contributed by atoms with Gasteiger partial charge in [-0.1, -0.05) is 0 Å². The smallest absolute Gasteiger partial charge is 0.140 e. The van der Waals surface area contributed by atoms with Crippen LogP contribution in [0.5, 0.6) is 0 Å². The van der Waals surface area contributed by atoms with Gasteiger partial charge in [-0.3, -0.25) is 0 Å². The van der Waals surface area contributed by atoms with Gasteiger partial charge in [-0.05, 0) is 20.3 Å². The van der Waals surface area contributed by atoms with Crippen molar-refractivity contribution < 1.29 is 9.47 Å². The van der Waals surface area contributed by atoms with E-state index in [4.69, 9.17) is 15.2 Å². The van der Waals surface area contributed by atoms with E-state index in [-0.39, 0.29) is 6.10 Å². The molecule has 0 radical (unpaired) electrons. The minimum atomic E-state index is 0.204. The van der Waals surface area contributed by atoms with Gasteiger partial charge in [0.2, 0.25) is 0 Å². The lowest BCUT2D eigenvalue weighted by atomic mass is 10.3. The number of hydrogen-bond donors (Lipinski definition) is 1. The second kappa shape index (κ2) is 4.20. The van der Waals surface area contributed by atoms with Crippen molar-refractivity contribution in [3.8, 4) is 0 Å². The minimum Gasteiger partial charge on any atom is -0.396 e. The van der Waals surface area contributed by atoms with Gasteiger partial charge in [0.15, 0.2) is 0 Å². The number of nitrogens with two attached hydrogens (primary N) is 1. The van der Waals surface area contributed by atoms with Gasteiger partial charge in [-0.25, -0.2) is 4.68 Å². The van der Waals surface area contributed by atoms with Crippen molar-refractivity contribution in [3.05, 3.63) is 11.4 Å². The average molecular weight is 211 g/mol. The maximum absolute atomic E-state index is 5.82. The van der Waals surface area contributed by atoms with Crippen LogP contribution >= 0.6 is 0 Å². The highest BCUT2D eigenvalue weighted by Crippen LogP contribution is 2.16. The highest BCUT2D eigenvalue weighted by atomic mass is 16.6. The van der Waals surface area contributed by atoms with Crippen LogP contribution in [0.4, 0.5) is 5.69 Å². The van der Waals surface area contributed by atoms with Gasteiger partial charge in [0.1, 0.15) is 6.73 Å². The van der Waals surface area contributed by atoms with E-state index >= 15 is 0 Å². The first-order chi connectivity index (χ1) is 7.18. The number of rotatable bonds is 3. The summed E-state index contributed by atoms with van der Waals surface area (Å²) >= 11 is 0. The van der Waals surface area contributed by atoms with Crippen molar-refractivity contribution in [3.63, 3.8) is 0 Å². The second-order valence-electron chi connectivity index (χ2n) is 3.87. The molecule has 0 spiro atoms. The van der Waals surface area contributed by atoms with Crippen LogP contribution in [0.25, 0.3) is 0 Å². The van der Waals surface area contributed by atoms with Crippen LogP contribution in [0, 0.1) is 13.8 Å². The molecule has 0 aromatic carbocycles. The number of anilines is 1. The summed E-state index contributed by atoms with van der Waals surface area (Å²) in [6.45, 7) is 5.79. The third-order valence-corrected chi connectivity index (χ3v) is 2.76. The quantitative estimate of drug-likeness (QED) is 0.805. The van der Waals surface area contributed by atoms with E-state index < -0.39 is 0 Å². The first-order valence-corrected chi connectivity index (χ1v) is 5.17.